The monoisotopic (exact) mass is 454 g/mol. The first kappa shape index (κ1) is 22.9. The van der Waals surface area contributed by atoms with Crippen molar-refractivity contribution in [1.29, 1.82) is 0 Å². The Bertz CT molecular complexity index is 1160. The number of amides is 2. The molecule has 0 aliphatic carbocycles. The lowest BCUT2D eigenvalue weighted by molar-refractivity contribution is -0.384. The number of benzene rings is 2. The van der Waals surface area contributed by atoms with Crippen LogP contribution in [-0.4, -0.2) is 37.3 Å². The Kier molecular flexibility index (Phi) is 7.21. The lowest BCUT2D eigenvalue weighted by Crippen LogP contribution is -2.17. The molecule has 11 heteroatoms. The molecule has 3 rings (SSSR count). The molecule has 10 nitrogen and oxygen atoms in total. The van der Waals surface area contributed by atoms with Crippen LogP contribution in [0.25, 0.3) is 0 Å². The summed E-state index contributed by atoms with van der Waals surface area (Å²) >= 11 is 1.16. The number of aromatic nitrogens is 3. The second-order valence-electron chi connectivity index (χ2n) is 7.14. The van der Waals surface area contributed by atoms with Crippen molar-refractivity contribution in [2.24, 2.45) is 7.05 Å². The molecule has 0 fully saturated rings. The molecule has 3 aromatic rings. The zero-order chi connectivity index (χ0) is 23.3. The minimum Gasteiger partial charge on any atom is -0.326 e. The fraction of sp³-hybridized carbons (Fsp3) is 0.238. The van der Waals surface area contributed by atoms with Crippen molar-refractivity contribution in [3.05, 3.63) is 69.5 Å². The molecule has 1 heterocycles. The van der Waals surface area contributed by atoms with Gasteiger partial charge in [-0.2, -0.15) is 0 Å². The first-order valence-electron chi connectivity index (χ1n) is 9.65. The van der Waals surface area contributed by atoms with Gasteiger partial charge >= 0.3 is 0 Å². The number of hydrogen-bond acceptors (Lipinski definition) is 7. The maximum atomic E-state index is 12.3. The summed E-state index contributed by atoms with van der Waals surface area (Å²) in [5, 5.41) is 25.0. The van der Waals surface area contributed by atoms with Gasteiger partial charge in [-0.15, -0.1) is 10.2 Å². The summed E-state index contributed by atoms with van der Waals surface area (Å²) in [5.74, 6) is -0.0592. The molecule has 0 aliphatic rings. The third-order valence-corrected chi connectivity index (χ3v) is 5.64. The molecule has 0 saturated heterocycles. The normalized spacial score (nSPS) is 10.6. The van der Waals surface area contributed by atoms with Gasteiger partial charge in [-0.3, -0.25) is 19.7 Å². The summed E-state index contributed by atoms with van der Waals surface area (Å²) in [6, 6.07) is 11.8. The number of hydrogen-bond donors (Lipinski definition) is 2. The quantitative estimate of drug-likeness (QED) is 0.303. The summed E-state index contributed by atoms with van der Waals surface area (Å²) in [4.78, 5) is 35.0. The summed E-state index contributed by atoms with van der Waals surface area (Å²) in [5.41, 5.74) is 2.80. The number of carbonyl (C=O) groups is 2. The number of non-ortho nitro benzene ring substituents is 1. The number of nitrogens with zero attached hydrogens (tertiary/aromatic N) is 4. The highest BCUT2D eigenvalue weighted by Crippen LogP contribution is 2.23. The Balaban J connectivity index is 1.56. The molecular weight excluding hydrogens is 432 g/mol. The summed E-state index contributed by atoms with van der Waals surface area (Å²) in [7, 11) is 1.72. The Labute approximate surface area is 188 Å². The van der Waals surface area contributed by atoms with Crippen LogP contribution in [0, 0.1) is 24.0 Å². The topological polar surface area (TPSA) is 132 Å². The van der Waals surface area contributed by atoms with E-state index < -0.39 is 4.92 Å². The maximum absolute atomic E-state index is 12.3. The van der Waals surface area contributed by atoms with Gasteiger partial charge in [0, 0.05) is 24.9 Å². The molecule has 1 aromatic heterocycles. The van der Waals surface area contributed by atoms with Crippen LogP contribution in [0.5, 0.6) is 0 Å². The number of nitro groups is 1. The highest BCUT2D eigenvalue weighted by molar-refractivity contribution is 7.99. The van der Waals surface area contributed by atoms with Crippen molar-refractivity contribution in [2.75, 3.05) is 16.4 Å². The van der Waals surface area contributed by atoms with E-state index in [1.807, 2.05) is 31.2 Å². The van der Waals surface area contributed by atoms with Crippen molar-refractivity contribution in [2.45, 2.75) is 25.4 Å². The van der Waals surface area contributed by atoms with Gasteiger partial charge in [0.1, 0.15) is 5.82 Å². The van der Waals surface area contributed by atoms with Gasteiger partial charge in [0.05, 0.1) is 22.8 Å². The van der Waals surface area contributed by atoms with Crippen molar-refractivity contribution in [1.82, 2.24) is 14.8 Å². The molecule has 2 N–H and O–H groups in total. The van der Waals surface area contributed by atoms with Gasteiger partial charge in [0.25, 0.3) is 5.69 Å². The van der Waals surface area contributed by atoms with Crippen LogP contribution in [0.15, 0.2) is 47.6 Å². The molecule has 2 amide bonds. The Morgan fingerprint density at radius 3 is 2.47 bits per heavy atom. The van der Waals surface area contributed by atoms with Crippen molar-refractivity contribution < 1.29 is 14.5 Å². The van der Waals surface area contributed by atoms with E-state index in [9.17, 15) is 19.7 Å². The molecule has 0 atom stereocenters. The average molecular weight is 455 g/mol. The van der Waals surface area contributed by atoms with E-state index >= 15 is 0 Å². The predicted octanol–water partition coefficient (Wildman–Crippen LogP) is 3.25. The smallest absolute Gasteiger partial charge is 0.271 e. The Morgan fingerprint density at radius 2 is 1.78 bits per heavy atom. The van der Waals surface area contributed by atoms with Crippen molar-refractivity contribution in [3.63, 3.8) is 0 Å². The lowest BCUT2D eigenvalue weighted by Gasteiger charge is -2.08. The summed E-state index contributed by atoms with van der Waals surface area (Å²) < 4.78 is 1.66. The molecule has 0 unspecified atom stereocenters. The standard InChI is InChI=1S/C21H22N6O4S/c1-13-4-7-15(8-5-13)22-19(28)11-18-24-25-21(26(18)3)32-12-20(29)23-17-10-16(27(30)31)9-6-14(17)2/h4-10H,11-12H2,1-3H3,(H,22,28)(H,23,29). The fourth-order valence-corrected chi connectivity index (χ4v) is 3.51. The minimum absolute atomic E-state index is 0.0314. The zero-order valence-electron chi connectivity index (χ0n) is 17.8. The third kappa shape index (κ3) is 5.91. The number of carbonyl (C=O) groups excluding carboxylic acids is 2. The number of nitro benzene ring substituents is 1. The van der Waals surface area contributed by atoms with E-state index in [0.29, 0.717) is 22.4 Å². The van der Waals surface area contributed by atoms with E-state index in [2.05, 4.69) is 20.8 Å². The maximum Gasteiger partial charge on any atom is 0.271 e. The van der Waals surface area contributed by atoms with Crippen LogP contribution in [0.1, 0.15) is 17.0 Å². The molecule has 166 valence electrons. The lowest BCUT2D eigenvalue weighted by atomic mass is 10.2. The number of anilines is 2. The SMILES string of the molecule is Cc1ccc(NC(=O)Cc2nnc(SCC(=O)Nc3cc([N+](=O)[O-])ccc3C)n2C)cc1. The van der Waals surface area contributed by atoms with Gasteiger partial charge in [-0.1, -0.05) is 35.5 Å². The minimum atomic E-state index is -0.514. The van der Waals surface area contributed by atoms with Gasteiger partial charge in [0.15, 0.2) is 5.16 Å². The third-order valence-electron chi connectivity index (χ3n) is 4.62. The van der Waals surface area contributed by atoms with Crippen LogP contribution >= 0.6 is 11.8 Å². The second-order valence-corrected chi connectivity index (χ2v) is 8.08. The highest BCUT2D eigenvalue weighted by Gasteiger charge is 2.16. The van der Waals surface area contributed by atoms with E-state index in [-0.39, 0.29) is 29.7 Å². The van der Waals surface area contributed by atoms with Crippen LogP contribution < -0.4 is 10.6 Å². The Hall–Kier alpha value is -3.73. The van der Waals surface area contributed by atoms with Gasteiger partial charge in [-0.25, -0.2) is 0 Å². The van der Waals surface area contributed by atoms with Crippen LogP contribution in [0.3, 0.4) is 0 Å². The number of rotatable bonds is 8. The molecule has 0 radical (unpaired) electrons. The number of thioether (sulfide) groups is 1. The van der Waals surface area contributed by atoms with Crippen LogP contribution in [0.2, 0.25) is 0 Å². The number of aryl methyl sites for hydroxylation is 2. The largest absolute Gasteiger partial charge is 0.326 e. The molecule has 0 bridgehead atoms. The molecule has 0 spiro atoms. The summed E-state index contributed by atoms with van der Waals surface area (Å²) in [6.45, 7) is 3.72. The van der Waals surface area contributed by atoms with Gasteiger partial charge in [-0.05, 0) is 31.5 Å². The van der Waals surface area contributed by atoms with Gasteiger partial charge in [0.2, 0.25) is 11.8 Å². The fourth-order valence-electron chi connectivity index (χ4n) is 2.78. The Morgan fingerprint density at radius 1 is 1.06 bits per heavy atom. The highest BCUT2D eigenvalue weighted by atomic mass is 32.2. The predicted molar refractivity (Wildman–Crippen MR) is 122 cm³/mol. The average Bonchev–Trinajstić information content (AvgIpc) is 3.09. The van der Waals surface area contributed by atoms with E-state index in [0.717, 1.165) is 22.9 Å². The molecule has 32 heavy (non-hydrogen) atoms. The molecule has 2 aromatic carbocycles. The van der Waals surface area contributed by atoms with E-state index in [1.54, 1.807) is 24.6 Å². The van der Waals surface area contributed by atoms with E-state index in [1.165, 1.54) is 12.1 Å². The molecule has 0 saturated carbocycles. The van der Waals surface area contributed by atoms with E-state index in [4.69, 9.17) is 0 Å². The van der Waals surface area contributed by atoms with Crippen molar-refractivity contribution >= 4 is 40.6 Å². The first-order chi connectivity index (χ1) is 15.2. The van der Waals surface area contributed by atoms with Gasteiger partial charge < -0.3 is 15.2 Å². The molecular formula is C21H22N6O4S. The van der Waals surface area contributed by atoms with Crippen LogP contribution in [0.4, 0.5) is 17.1 Å². The summed E-state index contributed by atoms with van der Waals surface area (Å²) in [6.07, 6.45) is 0.0387. The van der Waals surface area contributed by atoms with Crippen LogP contribution in [-0.2, 0) is 23.1 Å². The second kappa shape index (κ2) is 10.1. The van der Waals surface area contributed by atoms with Crippen molar-refractivity contribution in [3.8, 4) is 0 Å². The first-order valence-corrected chi connectivity index (χ1v) is 10.6. The molecule has 0 aliphatic heterocycles. The zero-order valence-corrected chi connectivity index (χ0v) is 18.6. The number of nitrogens with one attached hydrogen (secondary N) is 2.